The summed E-state index contributed by atoms with van der Waals surface area (Å²) in [6.07, 6.45) is 0. The predicted molar refractivity (Wildman–Crippen MR) is 72.9 cm³/mol. The van der Waals surface area contributed by atoms with E-state index in [4.69, 9.17) is 0 Å². The zero-order valence-corrected chi connectivity index (χ0v) is 10.9. The number of carbonyl (C=O) groups is 1. The summed E-state index contributed by atoms with van der Waals surface area (Å²) in [5.74, 6) is -0.0776. The van der Waals surface area contributed by atoms with Crippen LogP contribution in [0.3, 0.4) is 0 Å². The normalized spacial score (nSPS) is 10.9. The van der Waals surface area contributed by atoms with Crippen LogP contribution in [0.1, 0.15) is 17.3 Å². The van der Waals surface area contributed by atoms with Gasteiger partial charge in [0.1, 0.15) is 0 Å². The summed E-state index contributed by atoms with van der Waals surface area (Å²) in [7, 11) is 1.66. The van der Waals surface area contributed by atoms with E-state index in [0.29, 0.717) is 16.8 Å². The van der Waals surface area contributed by atoms with E-state index in [9.17, 15) is 9.70 Å². The average Bonchev–Trinajstić information content (AvgIpc) is 2.97. The van der Waals surface area contributed by atoms with Gasteiger partial charge in [-0.1, -0.05) is 30.3 Å². The number of hydrogen-bond donors (Lipinski definition) is 0. The molecule has 100 valence electrons. The van der Waals surface area contributed by atoms with Gasteiger partial charge >= 0.3 is 0 Å². The van der Waals surface area contributed by atoms with Gasteiger partial charge in [-0.15, -0.1) is 4.91 Å². The van der Waals surface area contributed by atoms with Crippen molar-refractivity contribution in [1.82, 2.24) is 19.6 Å². The molecule has 0 aliphatic rings. The highest BCUT2D eigenvalue weighted by molar-refractivity contribution is 6.09. The molecule has 0 atom stereocenters. The monoisotopic (exact) mass is 269 g/mol. The third-order valence-corrected chi connectivity index (χ3v) is 3.17. The Labute approximate surface area is 113 Å². The molecule has 3 aromatic rings. The van der Waals surface area contributed by atoms with E-state index in [-0.39, 0.29) is 11.6 Å². The molecule has 20 heavy (non-hydrogen) atoms. The van der Waals surface area contributed by atoms with Crippen LogP contribution >= 0.6 is 0 Å². The third kappa shape index (κ3) is 1.56. The van der Waals surface area contributed by atoms with E-state index in [1.54, 1.807) is 7.05 Å². The highest BCUT2D eigenvalue weighted by Crippen LogP contribution is 2.37. The highest BCUT2D eigenvalue weighted by Gasteiger charge is 2.26. The molecule has 0 saturated heterocycles. The Hall–Kier alpha value is -2.83. The van der Waals surface area contributed by atoms with Gasteiger partial charge < -0.3 is 0 Å². The molecule has 7 nitrogen and oxygen atoms in total. The number of hydrogen-bond acceptors (Lipinski definition) is 5. The molecule has 0 aliphatic heterocycles. The number of aryl methyl sites for hydroxylation is 1. The molecule has 1 aromatic carbocycles. The lowest BCUT2D eigenvalue weighted by Crippen LogP contribution is -1.99. The SMILES string of the molecule is CC(=O)c1c(-c2ccccc2)c(N=O)n2nnn(C)c12. The van der Waals surface area contributed by atoms with Crippen molar-refractivity contribution in [1.29, 1.82) is 0 Å². The number of Topliss-reactive ketones (excluding diaryl/α,β-unsaturated/α-hetero) is 1. The van der Waals surface area contributed by atoms with Gasteiger partial charge in [0, 0.05) is 12.6 Å². The Morgan fingerprint density at radius 2 is 1.90 bits per heavy atom. The van der Waals surface area contributed by atoms with Crippen molar-refractivity contribution >= 4 is 17.2 Å². The number of benzene rings is 1. The van der Waals surface area contributed by atoms with Crippen LogP contribution in [-0.2, 0) is 7.05 Å². The first-order valence-corrected chi connectivity index (χ1v) is 5.99. The van der Waals surface area contributed by atoms with E-state index >= 15 is 0 Å². The second-order valence-corrected chi connectivity index (χ2v) is 4.43. The lowest BCUT2D eigenvalue weighted by atomic mass is 10.0. The fourth-order valence-corrected chi connectivity index (χ4v) is 2.36. The maximum Gasteiger partial charge on any atom is 0.210 e. The third-order valence-electron chi connectivity index (χ3n) is 3.17. The van der Waals surface area contributed by atoms with Crippen molar-refractivity contribution in [3.05, 3.63) is 40.8 Å². The second kappa shape index (κ2) is 4.37. The summed E-state index contributed by atoms with van der Waals surface area (Å²) in [5, 5.41) is 10.7. The van der Waals surface area contributed by atoms with Crippen LogP contribution in [0.15, 0.2) is 35.5 Å². The smallest absolute Gasteiger partial charge is 0.210 e. The van der Waals surface area contributed by atoms with Crippen LogP contribution in [0.2, 0.25) is 0 Å². The summed E-state index contributed by atoms with van der Waals surface area (Å²) in [4.78, 5) is 23.2. The van der Waals surface area contributed by atoms with Gasteiger partial charge in [-0.25, -0.2) is 4.68 Å². The molecule has 0 unspecified atom stereocenters. The number of carbonyl (C=O) groups excluding carboxylic acids is 1. The van der Waals surface area contributed by atoms with Crippen molar-refractivity contribution < 1.29 is 4.79 Å². The first-order chi connectivity index (χ1) is 9.65. The maximum absolute atomic E-state index is 12.0. The van der Waals surface area contributed by atoms with E-state index in [1.807, 2.05) is 30.3 Å². The number of fused-ring (bicyclic) bond motifs is 1. The van der Waals surface area contributed by atoms with Crippen LogP contribution in [0.4, 0.5) is 5.82 Å². The molecule has 0 N–H and O–H groups in total. The lowest BCUT2D eigenvalue weighted by Gasteiger charge is -2.02. The van der Waals surface area contributed by atoms with E-state index < -0.39 is 0 Å². The van der Waals surface area contributed by atoms with Crippen LogP contribution in [0, 0.1) is 4.91 Å². The van der Waals surface area contributed by atoms with Crippen molar-refractivity contribution in [2.45, 2.75) is 6.92 Å². The Balaban J connectivity index is 2.49. The van der Waals surface area contributed by atoms with Crippen LogP contribution in [0.5, 0.6) is 0 Å². The van der Waals surface area contributed by atoms with Crippen LogP contribution in [0.25, 0.3) is 16.8 Å². The Kier molecular flexibility index (Phi) is 2.67. The topological polar surface area (TPSA) is 81.6 Å². The molecule has 0 radical (unpaired) electrons. The van der Waals surface area contributed by atoms with Gasteiger partial charge in [0.2, 0.25) is 5.82 Å². The molecule has 0 amide bonds. The summed E-state index contributed by atoms with van der Waals surface area (Å²) in [5.41, 5.74) is 2.11. The lowest BCUT2D eigenvalue weighted by molar-refractivity contribution is 0.101. The Morgan fingerprint density at radius 3 is 2.50 bits per heavy atom. The van der Waals surface area contributed by atoms with E-state index in [0.717, 1.165) is 5.56 Å². The number of tetrazole rings is 1. The Morgan fingerprint density at radius 1 is 1.20 bits per heavy atom. The molecule has 2 heterocycles. The Bertz CT molecular complexity index is 816. The number of nitroso groups, excluding NO2 is 1. The molecule has 0 bridgehead atoms. The minimum absolute atomic E-state index is 0.0875. The number of aromatic nitrogens is 4. The standard InChI is InChI=1S/C13H11N5O2/c1-8(19)10-11(9-6-4-3-5-7-9)12(14-20)18-13(10)17(2)15-16-18/h3-7H,1-2H3. The van der Waals surface area contributed by atoms with Gasteiger partial charge in [-0.3, -0.25) is 4.79 Å². The van der Waals surface area contributed by atoms with Gasteiger partial charge in [0.05, 0.1) is 5.56 Å². The fourth-order valence-electron chi connectivity index (χ4n) is 2.36. The van der Waals surface area contributed by atoms with Crippen molar-refractivity contribution in [2.24, 2.45) is 12.2 Å². The number of ketones is 1. The van der Waals surface area contributed by atoms with Gasteiger partial charge in [0.15, 0.2) is 11.4 Å². The zero-order valence-electron chi connectivity index (χ0n) is 10.9. The summed E-state index contributed by atoms with van der Waals surface area (Å²) < 4.78 is 2.75. The highest BCUT2D eigenvalue weighted by atomic mass is 16.3. The van der Waals surface area contributed by atoms with Gasteiger partial charge in [-0.2, -0.15) is 4.52 Å². The quantitative estimate of drug-likeness (QED) is 0.539. The molecule has 0 saturated carbocycles. The second-order valence-electron chi connectivity index (χ2n) is 4.43. The summed E-state index contributed by atoms with van der Waals surface area (Å²) in [6, 6.07) is 9.18. The van der Waals surface area contributed by atoms with Crippen LogP contribution < -0.4 is 0 Å². The maximum atomic E-state index is 12.0. The summed E-state index contributed by atoms with van der Waals surface area (Å²) >= 11 is 0. The molecule has 0 aliphatic carbocycles. The molecule has 0 fully saturated rings. The van der Waals surface area contributed by atoms with Gasteiger partial charge in [-0.05, 0) is 28.1 Å². The predicted octanol–water partition coefficient (Wildman–Crippen LogP) is 2.34. The first-order valence-electron chi connectivity index (χ1n) is 5.99. The zero-order chi connectivity index (χ0) is 14.3. The minimum Gasteiger partial charge on any atom is -0.294 e. The largest absolute Gasteiger partial charge is 0.294 e. The van der Waals surface area contributed by atoms with Crippen molar-refractivity contribution in [2.75, 3.05) is 0 Å². The molecule has 0 spiro atoms. The number of nitrogens with zero attached hydrogens (tertiary/aromatic N) is 5. The van der Waals surface area contributed by atoms with E-state index in [1.165, 1.54) is 16.1 Å². The molecule has 3 rings (SSSR count). The van der Waals surface area contributed by atoms with E-state index in [2.05, 4.69) is 15.6 Å². The van der Waals surface area contributed by atoms with Crippen molar-refractivity contribution in [3.8, 4) is 11.1 Å². The molecular weight excluding hydrogens is 258 g/mol. The average molecular weight is 269 g/mol. The minimum atomic E-state index is -0.165. The van der Waals surface area contributed by atoms with Crippen molar-refractivity contribution in [3.63, 3.8) is 0 Å². The molecule has 7 heteroatoms. The molecule has 2 aromatic heterocycles. The summed E-state index contributed by atoms with van der Waals surface area (Å²) in [6.45, 7) is 1.45. The molecular formula is C13H11N5O2. The van der Waals surface area contributed by atoms with Crippen LogP contribution in [-0.4, -0.2) is 25.4 Å². The van der Waals surface area contributed by atoms with Gasteiger partial charge in [0.25, 0.3) is 0 Å². The first kappa shape index (κ1) is 12.2. The number of rotatable bonds is 3. The fraction of sp³-hybridized carbons (Fsp3) is 0.154.